The molecule has 0 spiro atoms. The van der Waals surface area contributed by atoms with Crippen LogP contribution in [0.5, 0.6) is 0 Å². The number of amides is 1. The van der Waals surface area contributed by atoms with Gasteiger partial charge in [-0.2, -0.15) is 0 Å². The van der Waals surface area contributed by atoms with E-state index in [2.05, 4.69) is 15.3 Å². The van der Waals surface area contributed by atoms with E-state index in [1.165, 1.54) is 12.8 Å². The first-order valence-electron chi connectivity index (χ1n) is 5.87. The second kappa shape index (κ2) is 4.41. The standard InChI is InChI=1S/C12H18N4O/c1-8-10(15-6-5-14-8)12(2,11(13)17)16-7-9-3-4-9/h5-6,9,16H,3-4,7H2,1-2H3,(H2,13,17). The van der Waals surface area contributed by atoms with Crippen LogP contribution < -0.4 is 11.1 Å². The van der Waals surface area contributed by atoms with Gasteiger partial charge in [0.15, 0.2) is 0 Å². The minimum Gasteiger partial charge on any atom is -0.368 e. The second-order valence-corrected chi connectivity index (χ2v) is 4.80. The van der Waals surface area contributed by atoms with Gasteiger partial charge >= 0.3 is 0 Å². The minimum absolute atomic E-state index is 0.415. The van der Waals surface area contributed by atoms with Crippen molar-refractivity contribution in [3.05, 3.63) is 23.8 Å². The third kappa shape index (κ3) is 2.44. The quantitative estimate of drug-likeness (QED) is 0.776. The van der Waals surface area contributed by atoms with Crippen LogP contribution in [-0.4, -0.2) is 22.4 Å². The third-order valence-electron chi connectivity index (χ3n) is 3.29. The Morgan fingerprint density at radius 1 is 1.53 bits per heavy atom. The molecule has 1 aliphatic carbocycles. The summed E-state index contributed by atoms with van der Waals surface area (Å²) in [4.78, 5) is 20.1. The highest BCUT2D eigenvalue weighted by Gasteiger charge is 2.37. The summed E-state index contributed by atoms with van der Waals surface area (Å²) in [5.74, 6) is 0.257. The van der Waals surface area contributed by atoms with Crippen molar-refractivity contribution < 1.29 is 4.79 Å². The molecular formula is C12H18N4O. The first kappa shape index (κ1) is 12.0. The van der Waals surface area contributed by atoms with E-state index in [1.807, 2.05) is 6.92 Å². The van der Waals surface area contributed by atoms with Crippen molar-refractivity contribution in [1.29, 1.82) is 0 Å². The highest BCUT2D eigenvalue weighted by Crippen LogP contribution is 2.29. The van der Waals surface area contributed by atoms with E-state index in [0.29, 0.717) is 11.6 Å². The SMILES string of the molecule is Cc1nccnc1C(C)(NCC1CC1)C(N)=O. The van der Waals surface area contributed by atoms with Crippen molar-refractivity contribution in [2.24, 2.45) is 11.7 Å². The number of carbonyl (C=O) groups excluding carboxylic acids is 1. The summed E-state index contributed by atoms with van der Waals surface area (Å²) in [6.07, 6.45) is 5.64. The van der Waals surface area contributed by atoms with Gasteiger partial charge in [0.1, 0.15) is 5.54 Å². The maximum atomic E-state index is 11.7. The van der Waals surface area contributed by atoms with Crippen LogP contribution >= 0.6 is 0 Å². The number of primary amides is 1. The second-order valence-electron chi connectivity index (χ2n) is 4.80. The van der Waals surface area contributed by atoms with Crippen LogP contribution in [-0.2, 0) is 10.3 Å². The molecule has 0 radical (unpaired) electrons. The Morgan fingerprint density at radius 2 is 2.18 bits per heavy atom. The fourth-order valence-electron chi connectivity index (χ4n) is 1.86. The fraction of sp³-hybridized carbons (Fsp3) is 0.583. The van der Waals surface area contributed by atoms with Crippen LogP contribution in [0.2, 0.25) is 0 Å². The Bertz CT molecular complexity index is 430. The van der Waals surface area contributed by atoms with Crippen LogP contribution in [0.4, 0.5) is 0 Å². The smallest absolute Gasteiger partial charge is 0.243 e. The number of nitrogens with one attached hydrogen (secondary N) is 1. The Morgan fingerprint density at radius 3 is 2.71 bits per heavy atom. The van der Waals surface area contributed by atoms with Crippen molar-refractivity contribution >= 4 is 5.91 Å². The summed E-state index contributed by atoms with van der Waals surface area (Å²) in [7, 11) is 0. The summed E-state index contributed by atoms with van der Waals surface area (Å²) in [6, 6.07) is 0. The zero-order valence-electron chi connectivity index (χ0n) is 10.2. The largest absolute Gasteiger partial charge is 0.368 e. The lowest BCUT2D eigenvalue weighted by Gasteiger charge is -2.27. The van der Waals surface area contributed by atoms with Crippen LogP contribution in [0.25, 0.3) is 0 Å². The van der Waals surface area contributed by atoms with E-state index >= 15 is 0 Å². The predicted molar refractivity (Wildman–Crippen MR) is 64.0 cm³/mol. The lowest BCUT2D eigenvalue weighted by atomic mass is 9.94. The van der Waals surface area contributed by atoms with Gasteiger partial charge in [-0.3, -0.25) is 20.1 Å². The van der Waals surface area contributed by atoms with Crippen molar-refractivity contribution in [3.8, 4) is 0 Å². The van der Waals surface area contributed by atoms with Gasteiger partial charge in [-0.15, -0.1) is 0 Å². The van der Waals surface area contributed by atoms with E-state index in [4.69, 9.17) is 5.73 Å². The van der Waals surface area contributed by atoms with Crippen molar-refractivity contribution in [3.63, 3.8) is 0 Å². The van der Waals surface area contributed by atoms with E-state index in [1.54, 1.807) is 19.3 Å². The highest BCUT2D eigenvalue weighted by atomic mass is 16.1. The van der Waals surface area contributed by atoms with Crippen molar-refractivity contribution in [2.75, 3.05) is 6.54 Å². The normalized spacial score (nSPS) is 18.7. The summed E-state index contributed by atoms with van der Waals surface area (Å²) in [5.41, 5.74) is 5.93. The maximum absolute atomic E-state index is 11.7. The number of aromatic nitrogens is 2. The molecule has 5 heteroatoms. The van der Waals surface area contributed by atoms with E-state index in [-0.39, 0.29) is 0 Å². The van der Waals surface area contributed by atoms with E-state index < -0.39 is 11.4 Å². The van der Waals surface area contributed by atoms with Crippen LogP contribution in [0, 0.1) is 12.8 Å². The minimum atomic E-state index is -0.930. The molecule has 1 heterocycles. The predicted octanol–water partition coefficient (Wildman–Crippen LogP) is 0.485. The molecule has 1 aliphatic rings. The van der Waals surface area contributed by atoms with Gasteiger partial charge in [-0.25, -0.2) is 0 Å². The Hall–Kier alpha value is -1.49. The molecule has 5 nitrogen and oxygen atoms in total. The lowest BCUT2D eigenvalue weighted by Crippen LogP contribution is -2.52. The summed E-state index contributed by atoms with van der Waals surface area (Å²) in [6.45, 7) is 4.41. The zero-order valence-corrected chi connectivity index (χ0v) is 10.2. The molecule has 3 N–H and O–H groups in total. The molecule has 2 rings (SSSR count). The average molecular weight is 234 g/mol. The summed E-state index contributed by atoms with van der Waals surface area (Å²) in [5, 5.41) is 3.24. The van der Waals surface area contributed by atoms with Gasteiger partial charge in [-0.05, 0) is 39.2 Å². The van der Waals surface area contributed by atoms with Gasteiger partial charge in [-0.1, -0.05) is 0 Å². The molecule has 1 unspecified atom stereocenters. The van der Waals surface area contributed by atoms with Gasteiger partial charge in [0, 0.05) is 12.4 Å². The molecule has 1 amide bonds. The molecule has 1 atom stereocenters. The molecule has 0 aliphatic heterocycles. The molecule has 1 aromatic rings. The monoisotopic (exact) mass is 234 g/mol. The molecule has 1 fully saturated rings. The molecule has 1 aromatic heterocycles. The number of nitrogens with zero attached hydrogens (tertiary/aromatic N) is 2. The molecule has 0 bridgehead atoms. The van der Waals surface area contributed by atoms with Crippen LogP contribution in [0.3, 0.4) is 0 Å². The molecule has 0 aromatic carbocycles. The number of rotatable bonds is 5. The van der Waals surface area contributed by atoms with Gasteiger partial charge in [0.05, 0.1) is 11.4 Å². The lowest BCUT2D eigenvalue weighted by molar-refractivity contribution is -0.124. The van der Waals surface area contributed by atoms with E-state index in [9.17, 15) is 4.79 Å². The van der Waals surface area contributed by atoms with Crippen LogP contribution in [0.15, 0.2) is 12.4 Å². The molecular weight excluding hydrogens is 216 g/mol. The first-order valence-corrected chi connectivity index (χ1v) is 5.87. The molecule has 0 saturated heterocycles. The van der Waals surface area contributed by atoms with Gasteiger partial charge < -0.3 is 5.73 Å². The van der Waals surface area contributed by atoms with Crippen molar-refractivity contribution in [2.45, 2.75) is 32.2 Å². The summed E-state index contributed by atoms with van der Waals surface area (Å²) >= 11 is 0. The van der Waals surface area contributed by atoms with Crippen LogP contribution in [0.1, 0.15) is 31.2 Å². The highest BCUT2D eigenvalue weighted by molar-refractivity contribution is 5.85. The third-order valence-corrected chi connectivity index (χ3v) is 3.29. The maximum Gasteiger partial charge on any atom is 0.243 e. The Labute approximate surface area is 101 Å². The number of hydrogen-bond acceptors (Lipinski definition) is 4. The van der Waals surface area contributed by atoms with Gasteiger partial charge in [0.25, 0.3) is 0 Å². The fourth-order valence-corrected chi connectivity index (χ4v) is 1.86. The molecule has 92 valence electrons. The number of hydrogen-bond donors (Lipinski definition) is 2. The average Bonchev–Trinajstić information content (AvgIpc) is 3.10. The topological polar surface area (TPSA) is 80.9 Å². The summed E-state index contributed by atoms with van der Waals surface area (Å²) < 4.78 is 0. The first-order chi connectivity index (χ1) is 8.04. The molecule has 1 saturated carbocycles. The number of aryl methyl sites for hydroxylation is 1. The van der Waals surface area contributed by atoms with Crippen molar-refractivity contribution in [1.82, 2.24) is 15.3 Å². The van der Waals surface area contributed by atoms with Gasteiger partial charge in [0.2, 0.25) is 5.91 Å². The number of carbonyl (C=O) groups is 1. The Balaban J connectivity index is 2.25. The number of nitrogens with two attached hydrogens (primary N) is 1. The Kier molecular flexibility index (Phi) is 3.11. The zero-order chi connectivity index (χ0) is 12.5. The van der Waals surface area contributed by atoms with E-state index in [0.717, 1.165) is 12.2 Å². The molecule has 17 heavy (non-hydrogen) atoms.